The Hall–Kier alpha value is -2.11. The fourth-order valence-electron chi connectivity index (χ4n) is 4.10. The van der Waals surface area contributed by atoms with Crippen molar-refractivity contribution in [3.05, 3.63) is 52.0 Å². The third-order valence-corrected chi connectivity index (χ3v) is 8.25. The molecule has 0 saturated carbocycles. The maximum atomic E-state index is 7.13. The second-order valence-electron chi connectivity index (χ2n) is 7.95. The van der Waals surface area contributed by atoms with Gasteiger partial charge in [-0.1, -0.05) is 29.5 Å². The molecule has 2 heterocycles. The van der Waals surface area contributed by atoms with E-state index in [9.17, 15) is 0 Å². The average molecular weight is 455 g/mol. The summed E-state index contributed by atoms with van der Waals surface area (Å²) in [5.74, 6) is 0. The average Bonchev–Trinajstić information content (AvgIpc) is 2.78. The number of nitrogens with one attached hydrogen (secondary N) is 1. The Morgan fingerprint density at radius 3 is 2.58 bits per heavy atom. The molecule has 6 heteroatoms. The number of anilines is 2. The third kappa shape index (κ3) is 4.31. The number of benzene rings is 2. The van der Waals surface area contributed by atoms with Crippen molar-refractivity contribution in [3.63, 3.8) is 0 Å². The molecule has 0 spiro atoms. The van der Waals surface area contributed by atoms with Crippen molar-refractivity contribution in [2.24, 2.45) is 4.99 Å². The largest absolute Gasteiger partial charge is 0.383 e. The monoisotopic (exact) mass is 454 g/mol. The molecular weight excluding hydrogens is 424 g/mol. The molecule has 4 nitrogen and oxygen atoms in total. The summed E-state index contributed by atoms with van der Waals surface area (Å²) in [6.45, 7) is 11.5. The summed E-state index contributed by atoms with van der Waals surface area (Å²) >= 11 is 0. The van der Waals surface area contributed by atoms with E-state index < -0.39 is 9.70 Å². The Bertz CT molecular complexity index is 1230. The third-order valence-electron chi connectivity index (χ3n) is 5.84. The van der Waals surface area contributed by atoms with Crippen LogP contribution in [0.5, 0.6) is 0 Å². The van der Waals surface area contributed by atoms with Crippen LogP contribution in [-0.2, 0) is 0 Å². The van der Waals surface area contributed by atoms with Gasteiger partial charge in [0.05, 0.1) is 22.2 Å². The van der Waals surface area contributed by atoms with Crippen LogP contribution >= 0.6 is 20.4 Å². The van der Waals surface area contributed by atoms with E-state index in [1.165, 1.54) is 18.5 Å². The quantitative estimate of drug-likeness (QED) is 0.294. The first-order chi connectivity index (χ1) is 15.1. The number of halogens is 1. The molecule has 164 valence electrons. The van der Waals surface area contributed by atoms with Crippen LogP contribution in [0.4, 0.5) is 17.1 Å². The number of fused-ring (bicyclic) bond motifs is 4. The molecule has 3 aromatic rings. The van der Waals surface area contributed by atoms with Crippen molar-refractivity contribution in [2.45, 2.75) is 51.9 Å². The van der Waals surface area contributed by atoms with Crippen LogP contribution in [-0.4, -0.2) is 24.6 Å². The summed E-state index contributed by atoms with van der Waals surface area (Å²) in [5, 5.41) is 5.66. The lowest BCUT2D eigenvalue weighted by Gasteiger charge is -2.22. The van der Waals surface area contributed by atoms with Crippen LogP contribution < -0.4 is 15.6 Å². The molecule has 1 N–H and O–H groups in total. The normalized spacial score (nSPS) is 14.7. The van der Waals surface area contributed by atoms with Gasteiger partial charge in [0.15, 0.2) is 0 Å². The number of rotatable bonds is 8. The van der Waals surface area contributed by atoms with E-state index in [2.05, 4.69) is 67.4 Å². The van der Waals surface area contributed by atoms with E-state index >= 15 is 0 Å². The van der Waals surface area contributed by atoms with Gasteiger partial charge in [-0.2, -0.15) is 0 Å². The predicted molar refractivity (Wildman–Crippen MR) is 136 cm³/mol. The van der Waals surface area contributed by atoms with Crippen LogP contribution in [0.1, 0.15) is 45.7 Å². The molecule has 1 unspecified atom stereocenters. The standard InChI is InChI=1S/C25H31ClN4S/c1-5-8-9-14-27-21-16-23-25(19-12-10-17(4)28-24(19)21)29-20-13-11-18(30(6-2)7-3)15-22(20)31(23)26/h10-13,15-16,27H,5-9,14H2,1-4H3. The molecule has 0 aliphatic carbocycles. The molecule has 0 saturated heterocycles. The van der Waals surface area contributed by atoms with Gasteiger partial charge in [0.25, 0.3) is 0 Å². The van der Waals surface area contributed by atoms with E-state index in [0.717, 1.165) is 68.8 Å². The predicted octanol–water partition coefficient (Wildman–Crippen LogP) is 6.99. The molecule has 31 heavy (non-hydrogen) atoms. The Morgan fingerprint density at radius 2 is 1.84 bits per heavy atom. The topological polar surface area (TPSA) is 40.5 Å². The number of hydrogen-bond acceptors (Lipinski definition) is 4. The molecule has 1 aliphatic rings. The zero-order valence-corrected chi connectivity index (χ0v) is 20.4. The highest BCUT2D eigenvalue weighted by molar-refractivity contribution is 8.29. The lowest BCUT2D eigenvalue weighted by atomic mass is 10.1. The Labute approximate surface area is 191 Å². The number of hydrogen-bond donors (Lipinski definition) is 1. The van der Waals surface area contributed by atoms with Crippen LogP contribution in [0.25, 0.3) is 10.9 Å². The van der Waals surface area contributed by atoms with Gasteiger partial charge in [-0.15, -0.1) is 0 Å². The van der Waals surface area contributed by atoms with Crippen LogP contribution in [0.3, 0.4) is 0 Å². The van der Waals surface area contributed by atoms with Crippen molar-refractivity contribution in [3.8, 4) is 0 Å². The van der Waals surface area contributed by atoms with Crippen LogP contribution in [0, 0.1) is 11.4 Å². The molecule has 1 aromatic heterocycles. The highest BCUT2D eigenvalue weighted by Crippen LogP contribution is 2.47. The van der Waals surface area contributed by atoms with E-state index in [1.54, 1.807) is 0 Å². The fourth-order valence-corrected chi connectivity index (χ4v) is 6.13. The first-order valence-electron chi connectivity index (χ1n) is 11.3. The van der Waals surface area contributed by atoms with E-state index in [4.69, 9.17) is 20.7 Å². The maximum absolute atomic E-state index is 7.13. The summed E-state index contributed by atoms with van der Waals surface area (Å²) in [5.41, 5.74) is 5.22. The van der Waals surface area contributed by atoms with Crippen LogP contribution in [0.2, 0.25) is 0 Å². The molecule has 0 fully saturated rings. The van der Waals surface area contributed by atoms with E-state index in [0.29, 0.717) is 0 Å². The summed E-state index contributed by atoms with van der Waals surface area (Å²) in [6.07, 6.45) is 3.58. The van der Waals surface area contributed by atoms with Gasteiger partial charge < -0.3 is 10.2 Å². The molecule has 0 radical (unpaired) electrons. The zero-order valence-electron chi connectivity index (χ0n) is 18.8. The van der Waals surface area contributed by atoms with Gasteiger partial charge in [0, 0.05) is 45.8 Å². The molecule has 0 amide bonds. The summed E-state index contributed by atoms with van der Waals surface area (Å²) in [6, 6.07) is 12.9. The van der Waals surface area contributed by atoms with Crippen molar-refractivity contribution in [2.75, 3.05) is 29.9 Å². The van der Waals surface area contributed by atoms with Gasteiger partial charge in [0.2, 0.25) is 0 Å². The van der Waals surface area contributed by atoms with Gasteiger partial charge in [-0.05, 0) is 74.3 Å². The minimum absolute atomic E-state index is 0.567. The number of nitrogens with zero attached hydrogens (tertiary/aromatic N) is 3. The number of aromatic nitrogens is 1. The lowest BCUT2D eigenvalue weighted by molar-refractivity contribution is 0.744. The highest BCUT2D eigenvalue weighted by Gasteiger charge is 2.19. The lowest BCUT2D eigenvalue weighted by Crippen LogP contribution is -2.22. The number of unbranched alkanes of at least 4 members (excludes halogenated alkanes) is 2. The van der Waals surface area contributed by atoms with E-state index in [1.807, 2.05) is 6.92 Å². The van der Waals surface area contributed by atoms with Crippen molar-refractivity contribution < 1.29 is 0 Å². The minimum Gasteiger partial charge on any atom is -0.383 e. The Balaban J connectivity index is 1.89. The first kappa shape index (κ1) is 22.1. The smallest absolute Gasteiger partial charge is 0.0958 e. The maximum Gasteiger partial charge on any atom is 0.0958 e. The van der Waals surface area contributed by atoms with Gasteiger partial charge in [-0.25, -0.2) is 4.99 Å². The SMILES string of the molecule is CCCCCNc1cc2c(c3ccc(C)nc13)N=c1ccc(N(CC)CC)cc1=S2Cl. The van der Waals surface area contributed by atoms with Gasteiger partial charge >= 0.3 is 0 Å². The summed E-state index contributed by atoms with van der Waals surface area (Å²) in [7, 11) is 6.56. The molecule has 2 aromatic carbocycles. The Morgan fingerprint density at radius 1 is 1.03 bits per heavy atom. The van der Waals surface area contributed by atoms with Crippen molar-refractivity contribution >= 4 is 48.3 Å². The van der Waals surface area contributed by atoms with Gasteiger partial charge in [-0.3, -0.25) is 4.98 Å². The molecule has 0 bridgehead atoms. The van der Waals surface area contributed by atoms with Gasteiger partial charge in [0.1, 0.15) is 0 Å². The second-order valence-corrected chi connectivity index (χ2v) is 10.3. The minimum atomic E-state index is -0.567. The molecule has 1 atom stereocenters. The highest BCUT2D eigenvalue weighted by atomic mass is 35.7. The van der Waals surface area contributed by atoms with Crippen LogP contribution in [0.15, 0.2) is 46.3 Å². The van der Waals surface area contributed by atoms with Crippen molar-refractivity contribution in [1.82, 2.24) is 4.98 Å². The number of pyridine rings is 1. The van der Waals surface area contributed by atoms with E-state index in [-0.39, 0.29) is 0 Å². The second kappa shape index (κ2) is 9.58. The zero-order chi connectivity index (χ0) is 22.0. The Kier molecular flexibility index (Phi) is 6.83. The molecular formula is C25H31ClN4S. The summed E-state index contributed by atoms with van der Waals surface area (Å²) < 4.78 is 1.11. The number of aryl methyl sites for hydroxylation is 1. The molecule has 4 rings (SSSR count). The van der Waals surface area contributed by atoms with Crippen molar-refractivity contribution in [1.29, 1.82) is 0 Å². The first-order valence-corrected chi connectivity index (χ1v) is 13.3. The summed E-state index contributed by atoms with van der Waals surface area (Å²) in [4.78, 5) is 13.3. The fraction of sp³-hybridized carbons (Fsp3) is 0.400. The molecule has 1 aliphatic heterocycles.